The monoisotopic (exact) mass is 211 g/mol. The Hall–Kier alpha value is -0.0800. The lowest BCUT2D eigenvalue weighted by Gasteiger charge is -2.37. The Labute approximate surface area is 94.0 Å². The second-order valence-electron chi connectivity index (χ2n) is 5.41. The van der Waals surface area contributed by atoms with Gasteiger partial charge in [-0.3, -0.25) is 0 Å². The molecule has 0 bridgehead atoms. The van der Waals surface area contributed by atoms with Gasteiger partial charge in [-0.05, 0) is 50.6 Å². The second kappa shape index (κ2) is 5.31. The fraction of sp³-hybridized carbons (Fsp3) is 1.00. The lowest BCUT2D eigenvalue weighted by molar-refractivity contribution is 0.0709. The van der Waals surface area contributed by atoms with Crippen LogP contribution in [0, 0.1) is 11.8 Å². The van der Waals surface area contributed by atoms with E-state index in [4.69, 9.17) is 4.74 Å². The minimum atomic E-state index is 0.822. The standard InChI is InChI=1S/C13H25NO/c1-11-4-3-5-13(11)14-8-6-12(7-9-14)10-15-2/h11-13H,3-10H2,1-2H3/t11?,13-/m0/s1. The Kier molecular flexibility index (Phi) is 4.04. The molecular weight excluding hydrogens is 186 g/mol. The largest absolute Gasteiger partial charge is 0.384 e. The Bertz CT molecular complexity index is 187. The predicted molar refractivity (Wildman–Crippen MR) is 63.0 cm³/mol. The number of nitrogens with zero attached hydrogens (tertiary/aromatic N) is 1. The van der Waals surface area contributed by atoms with E-state index in [1.165, 1.54) is 45.2 Å². The van der Waals surface area contributed by atoms with Crippen molar-refractivity contribution in [3.63, 3.8) is 0 Å². The maximum Gasteiger partial charge on any atom is 0.0491 e. The first kappa shape index (κ1) is 11.4. The molecule has 0 amide bonds. The normalized spacial score (nSPS) is 34.8. The summed E-state index contributed by atoms with van der Waals surface area (Å²) in [7, 11) is 1.82. The van der Waals surface area contributed by atoms with Crippen LogP contribution in [0.1, 0.15) is 39.0 Å². The number of likely N-dealkylation sites (tertiary alicyclic amines) is 1. The van der Waals surface area contributed by atoms with Gasteiger partial charge in [0.15, 0.2) is 0 Å². The van der Waals surface area contributed by atoms with Crippen LogP contribution in [0.5, 0.6) is 0 Å². The van der Waals surface area contributed by atoms with E-state index >= 15 is 0 Å². The SMILES string of the molecule is COCC1CCN([C@H]2CCCC2C)CC1. The highest BCUT2D eigenvalue weighted by molar-refractivity contribution is 4.85. The Balaban J connectivity index is 1.77. The van der Waals surface area contributed by atoms with Gasteiger partial charge >= 0.3 is 0 Å². The van der Waals surface area contributed by atoms with Crippen LogP contribution in [0.3, 0.4) is 0 Å². The van der Waals surface area contributed by atoms with E-state index in [9.17, 15) is 0 Å². The molecule has 2 rings (SSSR count). The van der Waals surface area contributed by atoms with Crippen LogP contribution >= 0.6 is 0 Å². The summed E-state index contributed by atoms with van der Waals surface area (Å²) < 4.78 is 5.24. The van der Waals surface area contributed by atoms with Gasteiger partial charge in [0.25, 0.3) is 0 Å². The maximum absolute atomic E-state index is 5.24. The van der Waals surface area contributed by atoms with E-state index in [0.717, 1.165) is 24.5 Å². The Morgan fingerprint density at radius 1 is 1.13 bits per heavy atom. The van der Waals surface area contributed by atoms with Crippen LogP contribution in [-0.4, -0.2) is 37.7 Å². The summed E-state index contributed by atoms with van der Waals surface area (Å²) in [5.74, 6) is 1.76. The van der Waals surface area contributed by atoms with Crippen molar-refractivity contribution in [2.45, 2.75) is 45.1 Å². The number of hydrogen-bond acceptors (Lipinski definition) is 2. The van der Waals surface area contributed by atoms with Crippen LogP contribution in [0.4, 0.5) is 0 Å². The molecule has 1 saturated carbocycles. The van der Waals surface area contributed by atoms with E-state index in [1.807, 2.05) is 7.11 Å². The summed E-state index contributed by atoms with van der Waals surface area (Å²) in [5.41, 5.74) is 0. The van der Waals surface area contributed by atoms with E-state index in [0.29, 0.717) is 0 Å². The van der Waals surface area contributed by atoms with Gasteiger partial charge < -0.3 is 9.64 Å². The van der Waals surface area contributed by atoms with Gasteiger partial charge in [-0.2, -0.15) is 0 Å². The van der Waals surface area contributed by atoms with E-state index < -0.39 is 0 Å². The number of piperidine rings is 1. The molecule has 1 aliphatic carbocycles. The average molecular weight is 211 g/mol. The van der Waals surface area contributed by atoms with Crippen LogP contribution in [0.15, 0.2) is 0 Å². The van der Waals surface area contributed by atoms with Gasteiger partial charge in [-0.15, -0.1) is 0 Å². The summed E-state index contributed by atoms with van der Waals surface area (Å²) in [6, 6.07) is 0.897. The van der Waals surface area contributed by atoms with Crippen molar-refractivity contribution in [3.8, 4) is 0 Å². The summed E-state index contributed by atoms with van der Waals surface area (Å²) in [5, 5.41) is 0. The third-order valence-electron chi connectivity index (χ3n) is 4.34. The van der Waals surface area contributed by atoms with E-state index in [2.05, 4.69) is 11.8 Å². The van der Waals surface area contributed by atoms with Crippen LogP contribution in [0.2, 0.25) is 0 Å². The highest BCUT2D eigenvalue weighted by Gasteiger charge is 2.31. The predicted octanol–water partition coefficient (Wildman–Crippen LogP) is 2.53. The molecule has 2 nitrogen and oxygen atoms in total. The molecule has 0 radical (unpaired) electrons. The zero-order chi connectivity index (χ0) is 10.7. The third-order valence-corrected chi connectivity index (χ3v) is 4.34. The lowest BCUT2D eigenvalue weighted by Crippen LogP contribution is -2.43. The molecule has 88 valence electrons. The zero-order valence-corrected chi connectivity index (χ0v) is 10.2. The van der Waals surface area contributed by atoms with Crippen LogP contribution in [-0.2, 0) is 4.74 Å². The molecule has 1 aliphatic heterocycles. The van der Waals surface area contributed by atoms with E-state index in [1.54, 1.807) is 0 Å². The third kappa shape index (κ3) is 2.73. The smallest absolute Gasteiger partial charge is 0.0491 e. The highest BCUT2D eigenvalue weighted by atomic mass is 16.5. The first-order valence-corrected chi connectivity index (χ1v) is 6.54. The molecule has 1 heterocycles. The van der Waals surface area contributed by atoms with Gasteiger partial charge in [0.2, 0.25) is 0 Å². The van der Waals surface area contributed by atoms with Crippen molar-refractivity contribution >= 4 is 0 Å². The minimum Gasteiger partial charge on any atom is -0.384 e. The lowest BCUT2D eigenvalue weighted by atomic mass is 9.94. The summed E-state index contributed by atoms with van der Waals surface area (Å²) in [6.45, 7) is 6.01. The molecule has 0 aromatic heterocycles. The average Bonchev–Trinajstić information content (AvgIpc) is 2.66. The summed E-state index contributed by atoms with van der Waals surface area (Å²) in [4.78, 5) is 2.74. The Morgan fingerprint density at radius 2 is 1.87 bits per heavy atom. The van der Waals surface area contributed by atoms with Gasteiger partial charge in [0.1, 0.15) is 0 Å². The van der Waals surface area contributed by atoms with Crippen LogP contribution in [0.25, 0.3) is 0 Å². The maximum atomic E-state index is 5.24. The first-order chi connectivity index (χ1) is 7.31. The topological polar surface area (TPSA) is 12.5 Å². The van der Waals surface area contributed by atoms with Gasteiger partial charge in [0, 0.05) is 19.8 Å². The molecular formula is C13H25NO. The molecule has 2 fully saturated rings. The number of methoxy groups -OCH3 is 1. The number of rotatable bonds is 3. The van der Waals surface area contributed by atoms with Gasteiger partial charge in [-0.1, -0.05) is 13.3 Å². The van der Waals surface area contributed by atoms with Crippen LogP contribution < -0.4 is 0 Å². The van der Waals surface area contributed by atoms with Gasteiger partial charge in [0.05, 0.1) is 0 Å². The molecule has 2 aliphatic rings. The van der Waals surface area contributed by atoms with E-state index in [-0.39, 0.29) is 0 Å². The fourth-order valence-electron chi connectivity index (χ4n) is 3.36. The first-order valence-electron chi connectivity index (χ1n) is 6.54. The second-order valence-corrected chi connectivity index (χ2v) is 5.41. The number of ether oxygens (including phenoxy) is 1. The molecule has 0 spiro atoms. The highest BCUT2D eigenvalue weighted by Crippen LogP contribution is 2.32. The van der Waals surface area contributed by atoms with Crippen molar-refractivity contribution in [1.29, 1.82) is 0 Å². The quantitative estimate of drug-likeness (QED) is 0.711. The van der Waals surface area contributed by atoms with Crippen molar-refractivity contribution < 1.29 is 4.74 Å². The van der Waals surface area contributed by atoms with Crippen molar-refractivity contribution in [3.05, 3.63) is 0 Å². The zero-order valence-electron chi connectivity index (χ0n) is 10.2. The summed E-state index contributed by atoms with van der Waals surface area (Å²) >= 11 is 0. The molecule has 0 aromatic rings. The molecule has 1 saturated heterocycles. The fourth-order valence-corrected chi connectivity index (χ4v) is 3.36. The molecule has 0 N–H and O–H groups in total. The summed E-state index contributed by atoms with van der Waals surface area (Å²) in [6.07, 6.45) is 7.02. The van der Waals surface area contributed by atoms with Crippen molar-refractivity contribution in [2.24, 2.45) is 11.8 Å². The molecule has 15 heavy (non-hydrogen) atoms. The molecule has 0 aromatic carbocycles. The van der Waals surface area contributed by atoms with Crippen molar-refractivity contribution in [1.82, 2.24) is 4.90 Å². The number of hydrogen-bond donors (Lipinski definition) is 0. The molecule has 1 unspecified atom stereocenters. The minimum absolute atomic E-state index is 0.822. The van der Waals surface area contributed by atoms with Crippen molar-refractivity contribution in [2.75, 3.05) is 26.8 Å². The molecule has 2 atom stereocenters. The molecule has 2 heteroatoms. The van der Waals surface area contributed by atoms with Gasteiger partial charge in [-0.25, -0.2) is 0 Å². The Morgan fingerprint density at radius 3 is 2.40 bits per heavy atom.